The monoisotopic (exact) mass is 200 g/mol. The van der Waals surface area contributed by atoms with Gasteiger partial charge >= 0.3 is 0 Å². The fourth-order valence-electron chi connectivity index (χ4n) is 1.42. The molecule has 0 aliphatic carbocycles. The topological polar surface area (TPSA) is 64.4 Å². The van der Waals surface area contributed by atoms with Crippen molar-refractivity contribution in [3.63, 3.8) is 0 Å². The van der Waals surface area contributed by atoms with Crippen LogP contribution in [0.15, 0.2) is 0 Å². The van der Waals surface area contributed by atoms with Crippen molar-refractivity contribution >= 4 is 5.91 Å². The molecular formula is C10H20N2O2. The van der Waals surface area contributed by atoms with E-state index in [9.17, 15) is 4.79 Å². The maximum absolute atomic E-state index is 11.7. The second kappa shape index (κ2) is 4.28. The summed E-state index contributed by atoms with van der Waals surface area (Å²) in [5.74, 6) is -0.125. The number of nitrogens with two attached hydrogens (primary N) is 1. The minimum Gasteiger partial charge on any atom is -0.379 e. The van der Waals surface area contributed by atoms with E-state index >= 15 is 0 Å². The molecule has 0 spiro atoms. The lowest BCUT2D eigenvalue weighted by atomic mass is 9.98. The van der Waals surface area contributed by atoms with Crippen molar-refractivity contribution in [2.24, 2.45) is 11.7 Å². The molecule has 0 aromatic heterocycles. The molecule has 1 aliphatic heterocycles. The smallest absolute Gasteiger partial charge is 0.224 e. The number of hydrogen-bond donors (Lipinski definition) is 2. The third kappa shape index (κ3) is 2.69. The Bertz CT molecular complexity index is 210. The molecule has 0 aromatic carbocycles. The predicted octanol–water partition coefficient (Wildman–Crippen LogP) is 0.265. The largest absolute Gasteiger partial charge is 0.379 e. The standard InChI is InChI=1S/C10H20N2O2/c1-7(8(2)11)9(13)12-10(3)4-5-14-6-10/h7-8H,4-6,11H2,1-3H3,(H,12,13). The molecule has 14 heavy (non-hydrogen) atoms. The van der Waals surface area contributed by atoms with Crippen LogP contribution in [0.5, 0.6) is 0 Å². The molecule has 3 atom stereocenters. The molecule has 4 heteroatoms. The Morgan fingerprint density at radius 1 is 1.57 bits per heavy atom. The molecule has 0 saturated carbocycles. The normalized spacial score (nSPS) is 31.1. The molecule has 4 nitrogen and oxygen atoms in total. The molecular weight excluding hydrogens is 180 g/mol. The molecule has 1 heterocycles. The summed E-state index contributed by atoms with van der Waals surface area (Å²) in [4.78, 5) is 11.7. The lowest BCUT2D eigenvalue weighted by Gasteiger charge is -2.26. The molecule has 1 saturated heterocycles. The van der Waals surface area contributed by atoms with Crippen LogP contribution in [0.3, 0.4) is 0 Å². The third-order valence-electron chi connectivity index (χ3n) is 2.85. The minimum atomic E-state index is -0.194. The van der Waals surface area contributed by atoms with Crippen molar-refractivity contribution in [1.82, 2.24) is 5.32 Å². The Balaban J connectivity index is 2.47. The number of ether oxygens (including phenoxy) is 1. The van der Waals surface area contributed by atoms with E-state index < -0.39 is 0 Å². The zero-order valence-corrected chi connectivity index (χ0v) is 9.17. The summed E-state index contributed by atoms with van der Waals surface area (Å²) in [5.41, 5.74) is 5.47. The van der Waals surface area contributed by atoms with E-state index in [1.807, 2.05) is 20.8 Å². The number of nitrogens with one attached hydrogen (secondary N) is 1. The first-order valence-corrected chi connectivity index (χ1v) is 5.10. The zero-order chi connectivity index (χ0) is 10.8. The highest BCUT2D eigenvalue weighted by molar-refractivity contribution is 5.79. The second-order valence-electron chi connectivity index (χ2n) is 4.50. The first-order chi connectivity index (χ1) is 6.44. The average Bonchev–Trinajstić information content (AvgIpc) is 2.50. The molecule has 82 valence electrons. The van der Waals surface area contributed by atoms with Crippen LogP contribution in [-0.2, 0) is 9.53 Å². The van der Waals surface area contributed by atoms with Crippen LogP contribution in [0.1, 0.15) is 27.2 Å². The fourth-order valence-corrected chi connectivity index (χ4v) is 1.42. The first kappa shape index (κ1) is 11.5. The van der Waals surface area contributed by atoms with Gasteiger partial charge in [-0.2, -0.15) is 0 Å². The summed E-state index contributed by atoms with van der Waals surface area (Å²) >= 11 is 0. The van der Waals surface area contributed by atoms with E-state index in [1.54, 1.807) is 0 Å². The first-order valence-electron chi connectivity index (χ1n) is 5.10. The summed E-state index contributed by atoms with van der Waals surface area (Å²) in [6.45, 7) is 7.02. The second-order valence-corrected chi connectivity index (χ2v) is 4.50. The van der Waals surface area contributed by atoms with E-state index in [0.29, 0.717) is 6.61 Å². The van der Waals surface area contributed by atoms with Crippen LogP contribution in [0.2, 0.25) is 0 Å². The van der Waals surface area contributed by atoms with E-state index in [-0.39, 0.29) is 23.4 Å². The van der Waals surface area contributed by atoms with Crippen molar-refractivity contribution in [2.75, 3.05) is 13.2 Å². The summed E-state index contributed by atoms with van der Waals surface area (Å²) in [6, 6.07) is -0.110. The molecule has 0 radical (unpaired) electrons. The van der Waals surface area contributed by atoms with Gasteiger partial charge in [-0.3, -0.25) is 4.79 Å². The van der Waals surface area contributed by atoms with E-state index in [0.717, 1.165) is 13.0 Å². The lowest BCUT2D eigenvalue weighted by Crippen LogP contribution is -2.50. The van der Waals surface area contributed by atoms with Crippen LogP contribution in [-0.4, -0.2) is 30.7 Å². The van der Waals surface area contributed by atoms with Crippen LogP contribution in [0.4, 0.5) is 0 Å². The summed E-state index contributed by atoms with van der Waals surface area (Å²) in [6.07, 6.45) is 0.879. The van der Waals surface area contributed by atoms with Gasteiger partial charge in [0.25, 0.3) is 0 Å². The molecule has 1 fully saturated rings. The zero-order valence-electron chi connectivity index (χ0n) is 9.17. The van der Waals surface area contributed by atoms with E-state index in [2.05, 4.69) is 5.32 Å². The van der Waals surface area contributed by atoms with Gasteiger partial charge in [-0.25, -0.2) is 0 Å². The highest BCUT2D eigenvalue weighted by atomic mass is 16.5. The maximum atomic E-state index is 11.7. The van der Waals surface area contributed by atoms with Gasteiger partial charge in [0.05, 0.1) is 12.1 Å². The third-order valence-corrected chi connectivity index (χ3v) is 2.85. The lowest BCUT2D eigenvalue weighted by molar-refractivity contribution is -0.126. The Labute approximate surface area is 85.2 Å². The van der Waals surface area contributed by atoms with Gasteiger partial charge < -0.3 is 15.8 Å². The molecule has 3 unspecified atom stereocenters. The predicted molar refractivity (Wildman–Crippen MR) is 54.8 cm³/mol. The number of hydrogen-bond acceptors (Lipinski definition) is 3. The van der Waals surface area contributed by atoms with Crippen molar-refractivity contribution in [1.29, 1.82) is 0 Å². The molecule has 0 bridgehead atoms. The summed E-state index contributed by atoms with van der Waals surface area (Å²) < 4.78 is 5.26. The highest BCUT2D eigenvalue weighted by Crippen LogP contribution is 2.18. The van der Waals surface area contributed by atoms with Crippen molar-refractivity contribution in [3.8, 4) is 0 Å². The summed E-state index contributed by atoms with van der Waals surface area (Å²) in [7, 11) is 0. The Hall–Kier alpha value is -0.610. The molecule has 3 N–H and O–H groups in total. The Kier molecular flexibility index (Phi) is 3.50. The Morgan fingerprint density at radius 2 is 2.21 bits per heavy atom. The number of rotatable bonds is 3. The van der Waals surface area contributed by atoms with Crippen molar-refractivity contribution < 1.29 is 9.53 Å². The molecule has 0 aromatic rings. The molecule has 1 aliphatic rings. The van der Waals surface area contributed by atoms with Crippen molar-refractivity contribution in [3.05, 3.63) is 0 Å². The van der Waals surface area contributed by atoms with Crippen LogP contribution < -0.4 is 11.1 Å². The van der Waals surface area contributed by atoms with Gasteiger partial charge in [-0.1, -0.05) is 6.92 Å². The van der Waals surface area contributed by atoms with Gasteiger partial charge in [-0.15, -0.1) is 0 Å². The average molecular weight is 200 g/mol. The van der Waals surface area contributed by atoms with Crippen LogP contribution in [0, 0.1) is 5.92 Å². The number of carbonyl (C=O) groups excluding carboxylic acids is 1. The summed E-state index contributed by atoms with van der Waals surface area (Å²) in [5, 5.41) is 2.99. The quantitative estimate of drug-likeness (QED) is 0.687. The molecule has 1 rings (SSSR count). The Morgan fingerprint density at radius 3 is 2.64 bits per heavy atom. The maximum Gasteiger partial charge on any atom is 0.224 e. The van der Waals surface area contributed by atoms with E-state index in [1.165, 1.54) is 0 Å². The van der Waals surface area contributed by atoms with E-state index in [4.69, 9.17) is 10.5 Å². The highest BCUT2D eigenvalue weighted by Gasteiger charge is 2.32. The SMILES string of the molecule is CC(N)C(C)C(=O)NC1(C)CCOC1. The minimum absolute atomic E-state index is 0.0213. The molecule has 1 amide bonds. The van der Waals surface area contributed by atoms with Crippen LogP contribution in [0.25, 0.3) is 0 Å². The van der Waals surface area contributed by atoms with Crippen molar-refractivity contribution in [2.45, 2.75) is 38.8 Å². The fraction of sp³-hybridized carbons (Fsp3) is 0.900. The number of carbonyl (C=O) groups is 1. The van der Waals surface area contributed by atoms with Gasteiger partial charge in [0.15, 0.2) is 0 Å². The van der Waals surface area contributed by atoms with Gasteiger partial charge in [0.2, 0.25) is 5.91 Å². The van der Waals surface area contributed by atoms with Gasteiger partial charge in [0, 0.05) is 18.6 Å². The van der Waals surface area contributed by atoms with Gasteiger partial charge in [0.1, 0.15) is 0 Å². The van der Waals surface area contributed by atoms with Crippen LogP contribution >= 0.6 is 0 Å². The van der Waals surface area contributed by atoms with Gasteiger partial charge in [-0.05, 0) is 20.3 Å². The number of amides is 1.